The molecule has 3 N–H and O–H groups in total. The summed E-state index contributed by atoms with van der Waals surface area (Å²) >= 11 is 0. The van der Waals surface area contributed by atoms with Gasteiger partial charge in [0.2, 0.25) is 0 Å². The molecule has 1 aliphatic rings. The molecule has 0 saturated carbocycles. The van der Waals surface area contributed by atoms with Gasteiger partial charge in [0, 0.05) is 38.3 Å². The number of hydrogen-bond donors (Lipinski definition) is 3. The number of rotatable bonds is 3. The largest absolute Gasteiger partial charge is 0.388 e. The third kappa shape index (κ3) is 3.95. The van der Waals surface area contributed by atoms with Gasteiger partial charge in [0.15, 0.2) is 0 Å². The lowest BCUT2D eigenvalue weighted by atomic mass is 9.94. The van der Waals surface area contributed by atoms with E-state index in [2.05, 4.69) is 10.6 Å². The highest BCUT2D eigenvalue weighted by Crippen LogP contribution is 2.19. The van der Waals surface area contributed by atoms with Crippen LogP contribution >= 0.6 is 0 Å². The van der Waals surface area contributed by atoms with Crippen LogP contribution in [0.2, 0.25) is 0 Å². The Balaban J connectivity index is 1.84. The number of nitrogens with one attached hydrogen (secondary N) is 2. The van der Waals surface area contributed by atoms with E-state index in [1.165, 1.54) is 0 Å². The Bertz CT molecular complexity index is 519. The van der Waals surface area contributed by atoms with Crippen molar-refractivity contribution in [1.82, 2.24) is 5.32 Å². The van der Waals surface area contributed by atoms with Gasteiger partial charge in [-0.25, -0.2) is 4.79 Å². The maximum Gasteiger partial charge on any atom is 0.319 e. The molecule has 20 heavy (non-hydrogen) atoms. The van der Waals surface area contributed by atoms with Gasteiger partial charge in [-0.3, -0.25) is 0 Å². The molecule has 0 bridgehead atoms. The second-order valence-corrected chi connectivity index (χ2v) is 4.84. The van der Waals surface area contributed by atoms with Crippen molar-refractivity contribution in [3.63, 3.8) is 0 Å². The Kier molecular flexibility index (Phi) is 4.56. The summed E-state index contributed by atoms with van der Waals surface area (Å²) in [5.74, 6) is 0. The van der Waals surface area contributed by atoms with E-state index in [0.717, 1.165) is 0 Å². The second-order valence-electron chi connectivity index (χ2n) is 4.84. The number of anilines is 1. The van der Waals surface area contributed by atoms with Crippen molar-refractivity contribution >= 4 is 11.7 Å². The van der Waals surface area contributed by atoms with Gasteiger partial charge in [-0.1, -0.05) is 6.07 Å². The molecule has 6 nitrogen and oxygen atoms in total. The normalized spacial score (nSPS) is 17.0. The summed E-state index contributed by atoms with van der Waals surface area (Å²) < 4.78 is 5.17. The smallest absolute Gasteiger partial charge is 0.319 e. The fraction of sp³-hybridized carbons (Fsp3) is 0.429. The van der Waals surface area contributed by atoms with Crippen molar-refractivity contribution in [2.75, 3.05) is 25.1 Å². The average Bonchev–Trinajstić information content (AvgIpc) is 2.46. The molecule has 1 saturated heterocycles. The van der Waals surface area contributed by atoms with Crippen LogP contribution in [0.3, 0.4) is 0 Å². The number of nitrogens with zero attached hydrogens (tertiary/aromatic N) is 1. The molecule has 0 radical (unpaired) electrons. The molecular weight excluding hydrogens is 258 g/mol. The van der Waals surface area contributed by atoms with Crippen molar-refractivity contribution in [2.24, 2.45) is 0 Å². The molecule has 1 aromatic carbocycles. The predicted octanol–water partition coefficient (Wildman–Crippen LogP) is 1.22. The SMILES string of the molecule is N#Cc1cccc(NC(=O)NCC2(O)CCOCC2)c1. The second kappa shape index (κ2) is 6.37. The van der Waals surface area contributed by atoms with Crippen molar-refractivity contribution in [3.8, 4) is 6.07 Å². The number of aliphatic hydroxyl groups is 1. The molecule has 0 aromatic heterocycles. The van der Waals surface area contributed by atoms with E-state index in [1.54, 1.807) is 24.3 Å². The summed E-state index contributed by atoms with van der Waals surface area (Å²) in [6.45, 7) is 1.19. The molecule has 0 aliphatic carbocycles. The summed E-state index contributed by atoms with van der Waals surface area (Å²) in [5, 5.41) is 24.3. The van der Waals surface area contributed by atoms with Gasteiger partial charge < -0.3 is 20.5 Å². The van der Waals surface area contributed by atoms with Gasteiger partial charge in [0.25, 0.3) is 0 Å². The number of nitriles is 1. The Morgan fingerprint density at radius 2 is 2.20 bits per heavy atom. The van der Waals surface area contributed by atoms with Gasteiger partial charge in [-0.05, 0) is 18.2 Å². The summed E-state index contributed by atoms with van der Waals surface area (Å²) in [5.41, 5.74) is 0.121. The van der Waals surface area contributed by atoms with Crippen LogP contribution in [0.5, 0.6) is 0 Å². The summed E-state index contributed by atoms with van der Waals surface area (Å²) in [7, 11) is 0. The average molecular weight is 275 g/mol. The highest BCUT2D eigenvalue weighted by Gasteiger charge is 2.30. The van der Waals surface area contributed by atoms with Gasteiger partial charge in [0.1, 0.15) is 0 Å². The first kappa shape index (κ1) is 14.3. The Labute approximate surface area is 117 Å². The van der Waals surface area contributed by atoms with Crippen molar-refractivity contribution < 1.29 is 14.6 Å². The summed E-state index contributed by atoms with van der Waals surface area (Å²) in [6.07, 6.45) is 1.02. The summed E-state index contributed by atoms with van der Waals surface area (Å²) in [4.78, 5) is 11.7. The van der Waals surface area contributed by atoms with Crippen LogP contribution in [0.4, 0.5) is 10.5 Å². The maximum absolute atomic E-state index is 11.7. The number of carbonyl (C=O) groups is 1. The Morgan fingerprint density at radius 1 is 1.45 bits per heavy atom. The number of carbonyl (C=O) groups excluding carboxylic acids is 1. The van der Waals surface area contributed by atoms with Gasteiger partial charge in [0.05, 0.1) is 17.2 Å². The predicted molar refractivity (Wildman–Crippen MR) is 73.2 cm³/mol. The topological polar surface area (TPSA) is 94.4 Å². The number of amides is 2. The van der Waals surface area contributed by atoms with Gasteiger partial charge in [-0.15, -0.1) is 0 Å². The van der Waals surface area contributed by atoms with Crippen LogP contribution in [0.1, 0.15) is 18.4 Å². The van der Waals surface area contributed by atoms with E-state index in [9.17, 15) is 9.90 Å². The van der Waals surface area contributed by atoms with E-state index in [-0.39, 0.29) is 6.54 Å². The molecule has 0 unspecified atom stereocenters. The first-order valence-electron chi connectivity index (χ1n) is 6.46. The minimum absolute atomic E-state index is 0.181. The van der Waals surface area contributed by atoms with Crippen molar-refractivity contribution in [1.29, 1.82) is 5.26 Å². The van der Waals surface area contributed by atoms with E-state index in [0.29, 0.717) is 37.3 Å². The number of hydrogen-bond acceptors (Lipinski definition) is 4. The first-order valence-corrected chi connectivity index (χ1v) is 6.46. The quantitative estimate of drug-likeness (QED) is 0.773. The highest BCUT2D eigenvalue weighted by molar-refractivity contribution is 5.89. The molecule has 1 aromatic rings. The van der Waals surface area contributed by atoms with Crippen LogP contribution in [-0.2, 0) is 4.74 Å². The van der Waals surface area contributed by atoms with Crippen molar-refractivity contribution in [3.05, 3.63) is 29.8 Å². The molecule has 1 heterocycles. The van der Waals surface area contributed by atoms with E-state index in [1.807, 2.05) is 6.07 Å². The first-order chi connectivity index (χ1) is 9.61. The monoisotopic (exact) mass is 275 g/mol. The highest BCUT2D eigenvalue weighted by atomic mass is 16.5. The molecule has 106 valence electrons. The minimum Gasteiger partial charge on any atom is -0.388 e. The molecular formula is C14H17N3O3. The molecule has 2 amide bonds. The van der Waals surface area contributed by atoms with E-state index >= 15 is 0 Å². The zero-order valence-corrected chi connectivity index (χ0v) is 11.1. The number of benzene rings is 1. The lowest BCUT2D eigenvalue weighted by molar-refractivity contribution is -0.0598. The van der Waals surface area contributed by atoms with Crippen LogP contribution in [0.25, 0.3) is 0 Å². The molecule has 6 heteroatoms. The molecule has 0 atom stereocenters. The minimum atomic E-state index is -0.899. The number of ether oxygens (including phenoxy) is 1. The van der Waals surface area contributed by atoms with Gasteiger partial charge in [-0.2, -0.15) is 5.26 Å². The molecule has 1 aliphatic heterocycles. The lowest BCUT2D eigenvalue weighted by Crippen LogP contribution is -2.47. The van der Waals surface area contributed by atoms with Crippen LogP contribution < -0.4 is 10.6 Å². The van der Waals surface area contributed by atoms with Crippen LogP contribution in [0, 0.1) is 11.3 Å². The Hall–Kier alpha value is -2.10. The third-order valence-electron chi connectivity index (χ3n) is 3.25. The molecule has 2 rings (SSSR count). The van der Waals surface area contributed by atoms with Crippen LogP contribution in [-0.4, -0.2) is 36.5 Å². The maximum atomic E-state index is 11.7. The fourth-order valence-corrected chi connectivity index (χ4v) is 2.01. The van der Waals surface area contributed by atoms with E-state index in [4.69, 9.17) is 10.00 Å². The van der Waals surface area contributed by atoms with Crippen LogP contribution in [0.15, 0.2) is 24.3 Å². The molecule has 1 fully saturated rings. The Morgan fingerprint density at radius 3 is 2.90 bits per heavy atom. The molecule has 0 spiro atoms. The third-order valence-corrected chi connectivity index (χ3v) is 3.25. The fourth-order valence-electron chi connectivity index (χ4n) is 2.01. The number of urea groups is 1. The zero-order valence-electron chi connectivity index (χ0n) is 11.1. The van der Waals surface area contributed by atoms with Gasteiger partial charge >= 0.3 is 6.03 Å². The zero-order chi connectivity index (χ0) is 14.4. The van der Waals surface area contributed by atoms with Crippen molar-refractivity contribution in [2.45, 2.75) is 18.4 Å². The summed E-state index contributed by atoms with van der Waals surface area (Å²) in [6, 6.07) is 8.24. The van der Waals surface area contributed by atoms with E-state index < -0.39 is 11.6 Å². The standard InChI is InChI=1S/C14H17N3O3/c15-9-11-2-1-3-12(8-11)17-13(18)16-10-14(19)4-6-20-7-5-14/h1-3,8,19H,4-7,10H2,(H2,16,17,18). The lowest BCUT2D eigenvalue weighted by Gasteiger charge is -2.32.